The maximum atomic E-state index is 9.28. The van der Waals surface area contributed by atoms with Crippen molar-refractivity contribution < 1.29 is 9.84 Å². The van der Waals surface area contributed by atoms with Gasteiger partial charge < -0.3 is 9.84 Å². The van der Waals surface area contributed by atoms with E-state index in [1.807, 2.05) is 4.68 Å². The number of ether oxygens (including phenoxy) is 1. The second kappa shape index (κ2) is 4.74. The Hall–Kier alpha value is -0.940. The van der Waals surface area contributed by atoms with Crippen molar-refractivity contribution in [2.24, 2.45) is 5.92 Å². The van der Waals surface area contributed by atoms with Crippen LogP contribution in [0.4, 0.5) is 0 Å². The molecule has 5 nitrogen and oxygen atoms in total. The summed E-state index contributed by atoms with van der Waals surface area (Å²) in [4.78, 5) is 0. The molecule has 1 aromatic rings. The van der Waals surface area contributed by atoms with E-state index in [2.05, 4.69) is 10.3 Å². The van der Waals surface area contributed by atoms with E-state index in [4.69, 9.17) is 4.74 Å². The van der Waals surface area contributed by atoms with Gasteiger partial charge in [0.1, 0.15) is 5.69 Å². The molecule has 5 heteroatoms. The molecule has 1 saturated carbocycles. The van der Waals surface area contributed by atoms with Gasteiger partial charge in [-0.15, -0.1) is 5.10 Å². The largest absolute Gasteiger partial charge is 0.390 e. The van der Waals surface area contributed by atoms with Gasteiger partial charge in [-0.05, 0) is 38.0 Å². The summed E-state index contributed by atoms with van der Waals surface area (Å²) in [6, 6.07) is 0. The second-order valence-corrected chi connectivity index (χ2v) is 5.11. The molecule has 1 aliphatic heterocycles. The van der Waals surface area contributed by atoms with E-state index in [0.29, 0.717) is 0 Å². The lowest BCUT2D eigenvalue weighted by Crippen LogP contribution is -2.18. The number of aromatic nitrogens is 3. The lowest BCUT2D eigenvalue weighted by Gasteiger charge is -2.11. The zero-order chi connectivity index (χ0) is 11.7. The Kier molecular flexibility index (Phi) is 3.11. The van der Waals surface area contributed by atoms with E-state index >= 15 is 0 Å². The van der Waals surface area contributed by atoms with Crippen LogP contribution in [0.15, 0.2) is 0 Å². The summed E-state index contributed by atoms with van der Waals surface area (Å²) in [7, 11) is 0. The summed E-state index contributed by atoms with van der Waals surface area (Å²) in [6.07, 6.45) is 6.14. The standard InChI is InChI=1S/C12H19N3O2/c16-8-11-12(6-9-3-4-9)15(14-13-11)7-10-2-1-5-17-10/h9-10,16H,1-8H2. The van der Waals surface area contributed by atoms with Crippen molar-refractivity contribution in [3.8, 4) is 0 Å². The van der Waals surface area contributed by atoms with Crippen LogP contribution >= 0.6 is 0 Å². The topological polar surface area (TPSA) is 60.2 Å². The normalized spacial score (nSPS) is 24.4. The number of hydrogen-bond donors (Lipinski definition) is 1. The first-order valence-corrected chi connectivity index (χ1v) is 6.50. The maximum absolute atomic E-state index is 9.28. The zero-order valence-electron chi connectivity index (χ0n) is 10.0. The Morgan fingerprint density at radius 1 is 1.35 bits per heavy atom. The third kappa shape index (κ3) is 2.50. The van der Waals surface area contributed by atoms with Crippen LogP contribution < -0.4 is 0 Å². The SMILES string of the molecule is OCc1nnn(CC2CCCO2)c1CC1CC1. The molecule has 1 unspecified atom stereocenters. The van der Waals surface area contributed by atoms with Crippen LogP contribution in [-0.4, -0.2) is 32.8 Å². The zero-order valence-corrected chi connectivity index (χ0v) is 10.0. The number of aliphatic hydroxyl groups excluding tert-OH is 1. The predicted octanol–water partition coefficient (Wildman–Crippen LogP) is 0.902. The summed E-state index contributed by atoms with van der Waals surface area (Å²) in [5.41, 5.74) is 1.86. The van der Waals surface area contributed by atoms with E-state index in [1.165, 1.54) is 12.8 Å². The molecule has 1 saturated heterocycles. The van der Waals surface area contributed by atoms with Crippen LogP contribution in [-0.2, 0) is 24.3 Å². The van der Waals surface area contributed by atoms with Gasteiger partial charge >= 0.3 is 0 Å². The molecule has 94 valence electrons. The molecule has 2 heterocycles. The highest BCUT2D eigenvalue weighted by Gasteiger charge is 2.27. The summed E-state index contributed by atoms with van der Waals surface area (Å²) in [6.45, 7) is 1.65. The maximum Gasteiger partial charge on any atom is 0.111 e. The van der Waals surface area contributed by atoms with E-state index in [-0.39, 0.29) is 12.7 Å². The second-order valence-electron chi connectivity index (χ2n) is 5.11. The Morgan fingerprint density at radius 2 is 2.24 bits per heavy atom. The minimum atomic E-state index is -0.00637. The van der Waals surface area contributed by atoms with Gasteiger partial charge in [0.25, 0.3) is 0 Å². The number of rotatable bonds is 5. The molecule has 1 N–H and O–H groups in total. The van der Waals surface area contributed by atoms with Gasteiger partial charge in [-0.3, -0.25) is 0 Å². The number of nitrogens with zero attached hydrogens (tertiary/aromatic N) is 3. The van der Waals surface area contributed by atoms with Crippen molar-refractivity contribution in [1.29, 1.82) is 0 Å². The lowest BCUT2D eigenvalue weighted by molar-refractivity contribution is 0.0926. The molecule has 0 spiro atoms. The predicted molar refractivity (Wildman–Crippen MR) is 61.3 cm³/mol. The molecule has 2 fully saturated rings. The van der Waals surface area contributed by atoms with Crippen molar-refractivity contribution in [3.05, 3.63) is 11.4 Å². The van der Waals surface area contributed by atoms with E-state index in [0.717, 1.165) is 49.7 Å². The smallest absolute Gasteiger partial charge is 0.111 e. The molecule has 3 rings (SSSR count). The van der Waals surface area contributed by atoms with Crippen LogP contribution in [0.25, 0.3) is 0 Å². The fraction of sp³-hybridized carbons (Fsp3) is 0.833. The Labute approximate surface area is 101 Å². The molecule has 0 aromatic carbocycles. The average molecular weight is 237 g/mol. The quantitative estimate of drug-likeness (QED) is 0.826. The van der Waals surface area contributed by atoms with Crippen molar-refractivity contribution in [1.82, 2.24) is 15.0 Å². The highest BCUT2D eigenvalue weighted by molar-refractivity contribution is 5.11. The molecule has 2 aliphatic rings. The van der Waals surface area contributed by atoms with Crippen LogP contribution in [0.1, 0.15) is 37.1 Å². The van der Waals surface area contributed by atoms with E-state index in [1.54, 1.807) is 0 Å². The molecule has 1 atom stereocenters. The highest BCUT2D eigenvalue weighted by atomic mass is 16.5. The minimum absolute atomic E-state index is 0.00637. The average Bonchev–Trinajstić information content (AvgIpc) is 2.87. The van der Waals surface area contributed by atoms with E-state index < -0.39 is 0 Å². The van der Waals surface area contributed by atoms with Crippen molar-refractivity contribution in [3.63, 3.8) is 0 Å². The fourth-order valence-electron chi connectivity index (χ4n) is 2.44. The van der Waals surface area contributed by atoms with Crippen LogP contribution in [0.5, 0.6) is 0 Å². The van der Waals surface area contributed by atoms with Crippen molar-refractivity contribution in [2.75, 3.05) is 6.61 Å². The lowest BCUT2D eigenvalue weighted by atomic mass is 10.1. The summed E-state index contributed by atoms with van der Waals surface area (Å²) < 4.78 is 7.57. The highest BCUT2D eigenvalue weighted by Crippen LogP contribution is 2.33. The van der Waals surface area contributed by atoms with Crippen LogP contribution in [0.3, 0.4) is 0 Å². The molecule has 0 bridgehead atoms. The molecule has 1 aromatic heterocycles. The van der Waals surface area contributed by atoms with Gasteiger partial charge in [0.05, 0.1) is 24.9 Å². The van der Waals surface area contributed by atoms with Gasteiger partial charge in [-0.2, -0.15) is 0 Å². The summed E-state index contributed by atoms with van der Waals surface area (Å²) >= 11 is 0. The van der Waals surface area contributed by atoms with Gasteiger partial charge in [-0.25, -0.2) is 4.68 Å². The molecular weight excluding hydrogens is 218 g/mol. The van der Waals surface area contributed by atoms with E-state index in [9.17, 15) is 5.11 Å². The van der Waals surface area contributed by atoms with Crippen LogP contribution in [0, 0.1) is 5.92 Å². The van der Waals surface area contributed by atoms with Gasteiger partial charge in [-0.1, -0.05) is 5.21 Å². The number of hydrogen-bond acceptors (Lipinski definition) is 4. The fourth-order valence-corrected chi connectivity index (χ4v) is 2.44. The summed E-state index contributed by atoms with van der Waals surface area (Å²) in [5.74, 6) is 0.780. The monoisotopic (exact) mass is 237 g/mol. The number of aliphatic hydroxyl groups is 1. The van der Waals surface area contributed by atoms with Crippen molar-refractivity contribution >= 4 is 0 Å². The summed E-state index contributed by atoms with van der Waals surface area (Å²) in [5, 5.41) is 17.5. The Bertz CT molecular complexity index is 381. The molecule has 17 heavy (non-hydrogen) atoms. The molecule has 0 amide bonds. The minimum Gasteiger partial charge on any atom is -0.390 e. The molecule has 0 radical (unpaired) electrons. The molecule has 1 aliphatic carbocycles. The molecular formula is C12H19N3O2. The van der Waals surface area contributed by atoms with Gasteiger partial charge in [0, 0.05) is 6.61 Å². The first kappa shape index (κ1) is 11.2. The Balaban J connectivity index is 1.74. The van der Waals surface area contributed by atoms with Gasteiger partial charge in [0.15, 0.2) is 0 Å². The Morgan fingerprint density at radius 3 is 2.88 bits per heavy atom. The third-order valence-corrected chi connectivity index (χ3v) is 3.65. The van der Waals surface area contributed by atoms with Crippen LogP contribution in [0.2, 0.25) is 0 Å². The third-order valence-electron chi connectivity index (χ3n) is 3.65. The van der Waals surface area contributed by atoms with Crippen molar-refractivity contribution in [2.45, 2.75) is 51.4 Å². The first-order chi connectivity index (χ1) is 8.36. The van der Waals surface area contributed by atoms with Gasteiger partial charge in [0.2, 0.25) is 0 Å². The first-order valence-electron chi connectivity index (χ1n) is 6.50.